The second-order valence-electron chi connectivity index (χ2n) is 4.70. The Hall–Kier alpha value is -2.56. The van der Waals surface area contributed by atoms with Crippen molar-refractivity contribution in [2.75, 3.05) is 7.11 Å². The van der Waals surface area contributed by atoms with Crippen LogP contribution in [0.25, 0.3) is 5.57 Å². The molecule has 1 aromatic carbocycles. The van der Waals surface area contributed by atoms with E-state index >= 15 is 0 Å². The van der Waals surface area contributed by atoms with Gasteiger partial charge in [0.05, 0.1) is 13.7 Å². The average Bonchev–Trinajstić information content (AvgIpc) is 2.90. The summed E-state index contributed by atoms with van der Waals surface area (Å²) in [4.78, 5) is 16.1. The lowest BCUT2D eigenvalue weighted by atomic mass is 10.1. The van der Waals surface area contributed by atoms with Gasteiger partial charge >= 0.3 is 0 Å². The van der Waals surface area contributed by atoms with Gasteiger partial charge < -0.3 is 14.6 Å². The number of hydrogen-bond donors (Lipinski definition) is 1. The molecule has 0 fully saturated rings. The third-order valence-electron chi connectivity index (χ3n) is 3.22. The summed E-state index contributed by atoms with van der Waals surface area (Å²) in [5.41, 5.74) is 1.76. The molecular weight excluding hydrogens is 266 g/mol. The standard InChI is InChI=1S/C16H19N3O2/c1-12(13-6-4-5-7-14(13)21-3)10-16(20)18-11-15-17-8-9-19(15)2/h4-10H,11H2,1-3H3,(H,18,20)/b12-10+. The molecule has 0 aliphatic heterocycles. The summed E-state index contributed by atoms with van der Waals surface area (Å²) in [6.07, 6.45) is 5.12. The number of methoxy groups -OCH3 is 1. The van der Waals surface area contributed by atoms with E-state index in [-0.39, 0.29) is 5.91 Å². The summed E-state index contributed by atoms with van der Waals surface area (Å²) in [6.45, 7) is 2.29. The van der Waals surface area contributed by atoms with E-state index in [4.69, 9.17) is 4.74 Å². The fraction of sp³-hybridized carbons (Fsp3) is 0.250. The topological polar surface area (TPSA) is 56.1 Å². The van der Waals surface area contributed by atoms with Crippen LogP contribution in [0.15, 0.2) is 42.7 Å². The summed E-state index contributed by atoms with van der Waals surface area (Å²) in [5, 5.41) is 2.82. The van der Waals surface area contributed by atoms with Crippen LogP contribution in [0.1, 0.15) is 18.3 Å². The van der Waals surface area contributed by atoms with Crippen molar-refractivity contribution in [3.63, 3.8) is 0 Å². The SMILES string of the molecule is COc1ccccc1/C(C)=C/C(=O)NCc1nccn1C. The lowest BCUT2D eigenvalue weighted by Crippen LogP contribution is -2.22. The molecule has 0 aliphatic rings. The first-order chi connectivity index (χ1) is 10.1. The zero-order valence-corrected chi connectivity index (χ0v) is 12.5. The second-order valence-corrected chi connectivity index (χ2v) is 4.70. The number of aryl methyl sites for hydroxylation is 1. The maximum absolute atomic E-state index is 12.0. The molecule has 21 heavy (non-hydrogen) atoms. The lowest BCUT2D eigenvalue weighted by molar-refractivity contribution is -0.116. The Morgan fingerprint density at radius 3 is 2.86 bits per heavy atom. The monoisotopic (exact) mass is 285 g/mol. The first-order valence-corrected chi connectivity index (χ1v) is 6.67. The van der Waals surface area contributed by atoms with E-state index in [1.807, 2.05) is 49.0 Å². The summed E-state index contributed by atoms with van der Waals surface area (Å²) in [5.74, 6) is 1.41. The van der Waals surface area contributed by atoms with Crippen molar-refractivity contribution in [3.05, 3.63) is 54.1 Å². The number of carbonyl (C=O) groups is 1. The van der Waals surface area contributed by atoms with E-state index in [9.17, 15) is 4.79 Å². The minimum atomic E-state index is -0.151. The number of imidazole rings is 1. The van der Waals surface area contributed by atoms with Crippen molar-refractivity contribution in [1.82, 2.24) is 14.9 Å². The van der Waals surface area contributed by atoms with Crippen molar-refractivity contribution in [3.8, 4) is 5.75 Å². The molecule has 0 bridgehead atoms. The van der Waals surface area contributed by atoms with Crippen molar-refractivity contribution in [2.24, 2.45) is 7.05 Å². The van der Waals surface area contributed by atoms with Gasteiger partial charge in [0.2, 0.25) is 5.91 Å². The van der Waals surface area contributed by atoms with Gasteiger partial charge in [0.15, 0.2) is 0 Å². The summed E-state index contributed by atoms with van der Waals surface area (Å²) < 4.78 is 7.17. The van der Waals surface area contributed by atoms with Gasteiger partial charge in [0.25, 0.3) is 0 Å². The number of para-hydroxylation sites is 1. The van der Waals surface area contributed by atoms with Gasteiger partial charge in [-0.25, -0.2) is 4.98 Å². The highest BCUT2D eigenvalue weighted by molar-refractivity contribution is 5.95. The zero-order valence-electron chi connectivity index (χ0n) is 12.5. The van der Waals surface area contributed by atoms with Gasteiger partial charge in [0, 0.05) is 31.1 Å². The van der Waals surface area contributed by atoms with E-state index in [0.29, 0.717) is 6.54 Å². The normalized spacial score (nSPS) is 11.3. The molecular formula is C16H19N3O2. The van der Waals surface area contributed by atoms with Crippen molar-refractivity contribution < 1.29 is 9.53 Å². The predicted molar refractivity (Wildman–Crippen MR) is 81.7 cm³/mol. The number of ether oxygens (including phenoxy) is 1. The number of benzene rings is 1. The maximum atomic E-state index is 12.0. The van der Waals surface area contributed by atoms with Gasteiger partial charge in [-0.05, 0) is 18.6 Å². The molecule has 1 N–H and O–H groups in total. The highest BCUT2D eigenvalue weighted by atomic mass is 16.5. The van der Waals surface area contributed by atoms with Gasteiger partial charge in [-0.3, -0.25) is 4.79 Å². The molecule has 1 heterocycles. The molecule has 5 heteroatoms. The van der Waals surface area contributed by atoms with Gasteiger partial charge in [-0.1, -0.05) is 18.2 Å². The molecule has 1 aromatic heterocycles. The highest BCUT2D eigenvalue weighted by Crippen LogP contribution is 2.24. The van der Waals surface area contributed by atoms with Crippen LogP contribution in [-0.4, -0.2) is 22.6 Å². The number of nitrogens with one attached hydrogen (secondary N) is 1. The van der Waals surface area contributed by atoms with Crippen LogP contribution in [0.5, 0.6) is 5.75 Å². The predicted octanol–water partition coefficient (Wildman–Crippen LogP) is 2.15. The molecule has 0 saturated carbocycles. The largest absolute Gasteiger partial charge is 0.496 e. The second kappa shape index (κ2) is 6.74. The van der Waals surface area contributed by atoms with E-state index in [0.717, 1.165) is 22.7 Å². The third kappa shape index (κ3) is 3.72. The number of aromatic nitrogens is 2. The number of hydrogen-bond acceptors (Lipinski definition) is 3. The van der Waals surface area contributed by atoms with Crippen molar-refractivity contribution >= 4 is 11.5 Å². The van der Waals surface area contributed by atoms with E-state index in [2.05, 4.69) is 10.3 Å². The number of carbonyl (C=O) groups excluding carboxylic acids is 1. The first-order valence-electron chi connectivity index (χ1n) is 6.67. The molecule has 0 unspecified atom stereocenters. The maximum Gasteiger partial charge on any atom is 0.244 e. The Kier molecular flexibility index (Phi) is 4.77. The molecule has 2 aromatic rings. The van der Waals surface area contributed by atoms with Gasteiger partial charge in [-0.2, -0.15) is 0 Å². The van der Waals surface area contributed by atoms with E-state index in [1.54, 1.807) is 19.4 Å². The summed E-state index contributed by atoms with van der Waals surface area (Å²) in [6, 6.07) is 7.62. The van der Waals surface area contributed by atoms with E-state index < -0.39 is 0 Å². The van der Waals surface area contributed by atoms with Crippen molar-refractivity contribution in [2.45, 2.75) is 13.5 Å². The number of nitrogens with zero attached hydrogens (tertiary/aromatic N) is 2. The summed E-state index contributed by atoms with van der Waals surface area (Å²) >= 11 is 0. The lowest BCUT2D eigenvalue weighted by Gasteiger charge is -2.08. The number of rotatable bonds is 5. The number of allylic oxidation sites excluding steroid dienone is 1. The number of amides is 1. The smallest absolute Gasteiger partial charge is 0.244 e. The van der Waals surface area contributed by atoms with Crippen LogP contribution in [0, 0.1) is 0 Å². The van der Waals surface area contributed by atoms with Gasteiger partial charge in [-0.15, -0.1) is 0 Å². The molecule has 2 rings (SSSR count). The fourth-order valence-electron chi connectivity index (χ4n) is 2.03. The first kappa shape index (κ1) is 14.8. The average molecular weight is 285 g/mol. The van der Waals surface area contributed by atoms with E-state index in [1.165, 1.54) is 0 Å². The van der Waals surface area contributed by atoms with Crippen LogP contribution in [0.2, 0.25) is 0 Å². The molecule has 0 spiro atoms. The third-order valence-corrected chi connectivity index (χ3v) is 3.22. The Morgan fingerprint density at radius 2 is 2.19 bits per heavy atom. The Labute approximate surface area is 124 Å². The highest BCUT2D eigenvalue weighted by Gasteiger charge is 2.06. The molecule has 0 atom stereocenters. The molecule has 0 radical (unpaired) electrons. The molecule has 110 valence electrons. The van der Waals surface area contributed by atoms with Crippen LogP contribution >= 0.6 is 0 Å². The molecule has 0 aliphatic carbocycles. The molecule has 0 saturated heterocycles. The van der Waals surface area contributed by atoms with Gasteiger partial charge in [0.1, 0.15) is 11.6 Å². The Morgan fingerprint density at radius 1 is 1.43 bits per heavy atom. The minimum Gasteiger partial charge on any atom is -0.496 e. The van der Waals surface area contributed by atoms with Crippen LogP contribution in [-0.2, 0) is 18.4 Å². The molecule has 1 amide bonds. The van der Waals surface area contributed by atoms with Crippen LogP contribution in [0.4, 0.5) is 0 Å². The molecule has 5 nitrogen and oxygen atoms in total. The zero-order chi connectivity index (χ0) is 15.2. The Bertz CT molecular complexity index is 659. The van der Waals surface area contributed by atoms with Crippen LogP contribution in [0.3, 0.4) is 0 Å². The quantitative estimate of drug-likeness (QED) is 0.856. The van der Waals surface area contributed by atoms with Crippen LogP contribution < -0.4 is 10.1 Å². The van der Waals surface area contributed by atoms with Crippen molar-refractivity contribution in [1.29, 1.82) is 0 Å². The minimum absolute atomic E-state index is 0.151. The Balaban J connectivity index is 2.04. The fourth-order valence-corrected chi connectivity index (χ4v) is 2.03. The summed E-state index contributed by atoms with van der Waals surface area (Å²) in [7, 11) is 3.51.